The Labute approximate surface area is 228 Å². The Morgan fingerprint density at radius 1 is 1.15 bits per heavy atom. The van der Waals surface area contributed by atoms with Crippen molar-refractivity contribution in [2.45, 2.75) is 39.2 Å². The number of phenolic OH excluding ortho intramolecular Hbond substituents is 1. The first-order valence-electron chi connectivity index (χ1n) is 13.6. The number of hydrogen-bond acceptors (Lipinski definition) is 8. The van der Waals surface area contributed by atoms with Gasteiger partial charge in [0, 0.05) is 25.2 Å². The molecule has 1 saturated carbocycles. The van der Waals surface area contributed by atoms with Crippen LogP contribution in [0.5, 0.6) is 5.75 Å². The van der Waals surface area contributed by atoms with E-state index >= 15 is 0 Å². The number of aromatic hydroxyl groups is 1. The van der Waals surface area contributed by atoms with E-state index in [0.717, 1.165) is 42.8 Å². The van der Waals surface area contributed by atoms with Gasteiger partial charge >= 0.3 is 0 Å². The minimum absolute atomic E-state index is 0.105. The molecule has 0 spiro atoms. The third kappa shape index (κ3) is 4.37. The Morgan fingerprint density at radius 3 is 2.46 bits per heavy atom. The lowest BCUT2D eigenvalue weighted by molar-refractivity contribution is -0.136. The Balaban J connectivity index is 1.58. The van der Waals surface area contributed by atoms with Crippen molar-refractivity contribution in [1.29, 1.82) is 0 Å². The molecule has 0 aromatic heterocycles. The number of allylic oxidation sites excluding steroid dienone is 1. The maximum Gasteiger partial charge on any atom is 0.255 e. The van der Waals surface area contributed by atoms with Gasteiger partial charge in [-0.2, -0.15) is 0 Å². The highest BCUT2D eigenvalue weighted by atomic mass is 16.3. The summed E-state index contributed by atoms with van der Waals surface area (Å²) in [5.41, 5.74) is 8.10. The lowest BCUT2D eigenvalue weighted by Crippen LogP contribution is -2.55. The van der Waals surface area contributed by atoms with Crippen molar-refractivity contribution < 1.29 is 29.7 Å². The Bertz CT molecular complexity index is 1350. The highest BCUT2D eigenvalue weighted by molar-refractivity contribution is 6.28. The predicted octanol–water partition coefficient (Wildman–Crippen LogP) is 2.59. The summed E-state index contributed by atoms with van der Waals surface area (Å²) >= 11 is 0. The van der Waals surface area contributed by atoms with E-state index < -0.39 is 52.6 Å². The second kappa shape index (κ2) is 9.95. The molecule has 0 radical (unpaired) electrons. The first-order valence-corrected chi connectivity index (χ1v) is 13.6. The minimum atomic E-state index is -1.25. The van der Waals surface area contributed by atoms with Crippen LogP contribution in [0.25, 0.3) is 11.3 Å². The monoisotopic (exact) mass is 535 g/mol. The van der Waals surface area contributed by atoms with Gasteiger partial charge in [-0.05, 0) is 73.9 Å². The maximum absolute atomic E-state index is 13.9. The largest absolute Gasteiger partial charge is 0.510 e. The van der Waals surface area contributed by atoms with E-state index in [0.29, 0.717) is 18.8 Å². The van der Waals surface area contributed by atoms with Crippen LogP contribution in [-0.4, -0.2) is 82.4 Å². The van der Waals surface area contributed by atoms with Gasteiger partial charge in [0.2, 0.25) is 0 Å². The number of rotatable bonds is 5. The number of aliphatic hydroxyl groups excluding tert-OH is 2. The van der Waals surface area contributed by atoms with Crippen molar-refractivity contribution in [2.24, 2.45) is 29.4 Å². The van der Waals surface area contributed by atoms with Crippen molar-refractivity contribution in [3.8, 4) is 5.75 Å². The molecular formula is C30H37N3O6. The number of nitrogens with zero attached hydrogens (tertiary/aromatic N) is 2. The van der Waals surface area contributed by atoms with Gasteiger partial charge in [-0.25, -0.2) is 0 Å². The number of likely N-dealkylation sites (N-methyl/N-ethyl adjacent to an activating group) is 1. The van der Waals surface area contributed by atoms with E-state index in [4.69, 9.17) is 5.73 Å². The van der Waals surface area contributed by atoms with Crippen molar-refractivity contribution in [3.05, 3.63) is 51.8 Å². The molecule has 1 aromatic carbocycles. The molecule has 1 amide bonds. The Hall–Kier alpha value is -3.43. The van der Waals surface area contributed by atoms with Gasteiger partial charge in [-0.15, -0.1) is 0 Å². The molecule has 9 heteroatoms. The Morgan fingerprint density at radius 2 is 1.87 bits per heavy atom. The third-order valence-corrected chi connectivity index (χ3v) is 8.71. The van der Waals surface area contributed by atoms with E-state index in [1.807, 2.05) is 6.07 Å². The summed E-state index contributed by atoms with van der Waals surface area (Å²) in [4.78, 5) is 43.4. The lowest BCUT2D eigenvalue weighted by atomic mass is 9.59. The fourth-order valence-corrected chi connectivity index (χ4v) is 7.20. The zero-order chi connectivity index (χ0) is 28.3. The molecule has 1 aliphatic heterocycles. The van der Waals surface area contributed by atoms with Crippen LogP contribution in [-0.2, 0) is 20.8 Å². The van der Waals surface area contributed by atoms with Gasteiger partial charge in [-0.3, -0.25) is 24.2 Å². The zero-order valence-electron chi connectivity index (χ0n) is 22.9. The van der Waals surface area contributed by atoms with Crippen LogP contribution in [0.3, 0.4) is 0 Å². The van der Waals surface area contributed by atoms with Gasteiger partial charge < -0.3 is 21.1 Å². The molecule has 208 valence electrons. The molecule has 1 fully saturated rings. The number of phenols is 1. The number of nitrogens with two attached hydrogens (primary N) is 1. The van der Waals surface area contributed by atoms with Gasteiger partial charge in [0.05, 0.1) is 17.5 Å². The smallest absolute Gasteiger partial charge is 0.255 e. The molecule has 0 bridgehead atoms. The first-order chi connectivity index (χ1) is 18.4. The molecule has 4 aliphatic rings. The van der Waals surface area contributed by atoms with Crippen molar-refractivity contribution in [3.63, 3.8) is 0 Å². The number of fused-ring (bicyclic) bond motifs is 3. The molecule has 9 nitrogen and oxygen atoms in total. The molecule has 1 aromatic rings. The predicted molar refractivity (Wildman–Crippen MR) is 147 cm³/mol. The summed E-state index contributed by atoms with van der Waals surface area (Å²) in [7, 11) is 3.42. The standard InChI is InChI=1S/C30H37N3O6/c1-14(2)13-33-9-7-15(8-10-33)17-5-6-20(34)22-18(17)11-16-12-19-23(27(36)21(16)26(22)35)28(37)24(30(31)39)29(38)25(19)32(3)4/h5-7,14,16,19,23,25,34-35,38H,8-13H2,1-4H3,(H2,31,39). The number of Topliss-reactive ketones (excluding diaryl/α,β-unsaturated/α-hetero) is 2. The highest BCUT2D eigenvalue weighted by Gasteiger charge is 2.55. The van der Waals surface area contributed by atoms with Crippen LogP contribution < -0.4 is 5.73 Å². The molecular weight excluding hydrogens is 498 g/mol. The first kappa shape index (κ1) is 27.1. The van der Waals surface area contributed by atoms with Crippen LogP contribution in [0.1, 0.15) is 43.4 Å². The van der Waals surface area contributed by atoms with E-state index in [9.17, 15) is 29.7 Å². The van der Waals surface area contributed by atoms with Crippen molar-refractivity contribution in [1.82, 2.24) is 9.80 Å². The fraction of sp³-hybridized carbons (Fsp3) is 0.500. The Kier molecular flexibility index (Phi) is 6.93. The second-order valence-electron chi connectivity index (χ2n) is 11.9. The number of carbonyl (C=O) groups is 3. The van der Waals surface area contributed by atoms with Crippen LogP contribution in [0.2, 0.25) is 0 Å². The average molecular weight is 536 g/mol. The van der Waals surface area contributed by atoms with Gasteiger partial charge in [0.1, 0.15) is 22.8 Å². The molecule has 4 unspecified atom stereocenters. The number of ketones is 2. The minimum Gasteiger partial charge on any atom is -0.510 e. The van der Waals surface area contributed by atoms with Gasteiger partial charge in [0.15, 0.2) is 11.6 Å². The van der Waals surface area contributed by atoms with E-state index in [2.05, 4.69) is 24.8 Å². The second-order valence-corrected chi connectivity index (χ2v) is 11.9. The molecule has 3 aliphatic carbocycles. The summed E-state index contributed by atoms with van der Waals surface area (Å²) < 4.78 is 0. The highest BCUT2D eigenvalue weighted by Crippen LogP contribution is 2.51. The van der Waals surface area contributed by atoms with Crippen LogP contribution in [0.4, 0.5) is 0 Å². The topological polar surface area (TPSA) is 144 Å². The number of hydrogen-bond donors (Lipinski definition) is 4. The van der Waals surface area contributed by atoms with Crippen molar-refractivity contribution >= 4 is 28.8 Å². The lowest BCUT2D eigenvalue weighted by Gasteiger charge is -2.46. The average Bonchev–Trinajstić information content (AvgIpc) is 2.83. The summed E-state index contributed by atoms with van der Waals surface area (Å²) in [5.74, 6) is -4.99. The summed E-state index contributed by atoms with van der Waals surface area (Å²) in [6.45, 7) is 7.15. The van der Waals surface area contributed by atoms with Crippen LogP contribution in [0, 0.1) is 23.7 Å². The fourth-order valence-electron chi connectivity index (χ4n) is 7.20. The number of carbonyl (C=O) groups excluding carboxylic acids is 3. The molecule has 1 heterocycles. The van der Waals surface area contributed by atoms with E-state index in [1.165, 1.54) is 0 Å². The maximum atomic E-state index is 13.9. The molecule has 4 atom stereocenters. The molecule has 5 N–H and O–H groups in total. The van der Waals surface area contributed by atoms with Crippen molar-refractivity contribution in [2.75, 3.05) is 33.7 Å². The third-order valence-electron chi connectivity index (χ3n) is 8.71. The van der Waals surface area contributed by atoms with Gasteiger partial charge in [-0.1, -0.05) is 26.0 Å². The van der Waals surface area contributed by atoms with Crippen LogP contribution in [0.15, 0.2) is 35.1 Å². The molecule has 5 rings (SSSR count). The normalized spacial score (nSPS) is 27.5. The quantitative estimate of drug-likeness (QED) is 0.333. The summed E-state index contributed by atoms with van der Waals surface area (Å²) in [6, 6.07) is 2.67. The number of primary amides is 1. The van der Waals surface area contributed by atoms with Crippen LogP contribution >= 0.6 is 0 Å². The summed E-state index contributed by atoms with van der Waals surface area (Å²) in [6.07, 6.45) is 3.78. The van der Waals surface area contributed by atoms with E-state index in [1.54, 1.807) is 25.1 Å². The molecule has 0 saturated heterocycles. The number of aliphatic hydroxyl groups is 2. The zero-order valence-corrected chi connectivity index (χ0v) is 22.9. The van der Waals surface area contributed by atoms with E-state index in [-0.39, 0.29) is 22.6 Å². The molecule has 39 heavy (non-hydrogen) atoms. The SMILES string of the molecule is CC(C)CN1CC=C(c2ccc(O)c3c2CC2CC4C(C(=O)C(C(N)=O)=C(O)C4N(C)C)C(=O)C2=C3O)CC1. The summed E-state index contributed by atoms with van der Waals surface area (Å²) in [5, 5.41) is 33.2. The number of benzene rings is 1. The number of amides is 1. The van der Waals surface area contributed by atoms with Gasteiger partial charge in [0.25, 0.3) is 5.91 Å².